The average Bonchev–Trinajstić information content (AvgIpc) is 2.67. The van der Waals surface area contributed by atoms with E-state index in [1.807, 2.05) is 42.2 Å². The van der Waals surface area contributed by atoms with Gasteiger partial charge in [0.05, 0.1) is 18.2 Å². The van der Waals surface area contributed by atoms with Gasteiger partial charge in [0, 0.05) is 45.1 Å². The van der Waals surface area contributed by atoms with E-state index in [-0.39, 0.29) is 30.2 Å². The Kier molecular flexibility index (Phi) is 6.91. The van der Waals surface area contributed by atoms with Crippen molar-refractivity contribution >= 4 is 12.0 Å². The highest BCUT2D eigenvalue weighted by Crippen LogP contribution is 2.31. The van der Waals surface area contributed by atoms with Gasteiger partial charge in [-0.25, -0.2) is 4.79 Å². The van der Waals surface area contributed by atoms with Crippen molar-refractivity contribution in [2.24, 2.45) is 0 Å². The molecule has 1 aromatic carbocycles. The molecule has 28 heavy (non-hydrogen) atoms. The molecular weight excluding hydrogens is 360 g/mol. The van der Waals surface area contributed by atoms with Gasteiger partial charge in [-0.1, -0.05) is 30.3 Å². The van der Waals surface area contributed by atoms with Crippen LogP contribution in [0.15, 0.2) is 30.3 Å². The second kappa shape index (κ2) is 9.39. The summed E-state index contributed by atoms with van der Waals surface area (Å²) in [6.45, 7) is 4.37. The van der Waals surface area contributed by atoms with Crippen LogP contribution in [0.25, 0.3) is 0 Å². The van der Waals surface area contributed by atoms with Gasteiger partial charge in [-0.15, -0.1) is 0 Å². The van der Waals surface area contributed by atoms with Gasteiger partial charge in [0.1, 0.15) is 0 Å². The topological polar surface area (TPSA) is 88.1 Å². The Morgan fingerprint density at radius 1 is 1.29 bits per heavy atom. The summed E-state index contributed by atoms with van der Waals surface area (Å²) in [6.07, 6.45) is 2.57. The van der Waals surface area contributed by atoms with Gasteiger partial charge in [0.15, 0.2) is 0 Å². The van der Waals surface area contributed by atoms with E-state index in [0.717, 1.165) is 18.4 Å². The minimum atomic E-state index is -0.853. The van der Waals surface area contributed by atoms with Gasteiger partial charge < -0.3 is 24.8 Å². The molecule has 2 atom stereocenters. The standard InChI is InChI=1S/C21H30N2O5/c1-16-14-23(15-21(28-16)9-11-27-12-10-21)20(26)22-18(7-8-19(24)25)13-17-5-3-2-4-6-17/h2-6,16,18H,7-15H2,1H3,(H,22,26)(H,24,25). The third-order valence-corrected chi connectivity index (χ3v) is 5.46. The lowest BCUT2D eigenvalue weighted by atomic mass is 9.91. The maximum Gasteiger partial charge on any atom is 0.317 e. The third kappa shape index (κ3) is 5.69. The second-order valence-electron chi connectivity index (χ2n) is 7.87. The molecule has 2 fully saturated rings. The number of hydrogen-bond acceptors (Lipinski definition) is 4. The van der Waals surface area contributed by atoms with E-state index in [1.165, 1.54) is 0 Å². The highest BCUT2D eigenvalue weighted by Gasteiger charge is 2.42. The molecule has 7 nitrogen and oxygen atoms in total. The van der Waals surface area contributed by atoms with Crippen molar-refractivity contribution in [3.8, 4) is 0 Å². The van der Waals surface area contributed by atoms with E-state index in [1.54, 1.807) is 0 Å². The van der Waals surface area contributed by atoms with Crippen molar-refractivity contribution in [2.45, 2.75) is 56.8 Å². The Balaban J connectivity index is 1.64. The van der Waals surface area contributed by atoms with Crippen LogP contribution in [-0.2, 0) is 20.7 Å². The number of aliphatic carboxylic acids is 1. The lowest BCUT2D eigenvalue weighted by Gasteiger charge is -2.47. The predicted octanol–water partition coefficient (Wildman–Crippen LogP) is 2.44. The molecule has 2 saturated heterocycles. The lowest BCUT2D eigenvalue weighted by molar-refractivity contribution is -0.175. The molecule has 0 saturated carbocycles. The fraction of sp³-hybridized carbons (Fsp3) is 0.619. The number of benzene rings is 1. The highest BCUT2D eigenvalue weighted by molar-refractivity contribution is 5.75. The van der Waals surface area contributed by atoms with E-state index >= 15 is 0 Å². The summed E-state index contributed by atoms with van der Waals surface area (Å²) in [6, 6.07) is 9.45. The summed E-state index contributed by atoms with van der Waals surface area (Å²) < 4.78 is 11.7. The zero-order valence-corrected chi connectivity index (χ0v) is 16.4. The van der Waals surface area contributed by atoms with E-state index in [4.69, 9.17) is 14.6 Å². The third-order valence-electron chi connectivity index (χ3n) is 5.46. The quantitative estimate of drug-likeness (QED) is 0.779. The Hall–Kier alpha value is -2.12. The Morgan fingerprint density at radius 2 is 2.00 bits per heavy atom. The number of nitrogens with one attached hydrogen (secondary N) is 1. The average molecular weight is 390 g/mol. The number of hydrogen-bond donors (Lipinski definition) is 2. The van der Waals surface area contributed by atoms with Crippen LogP contribution in [0.3, 0.4) is 0 Å². The van der Waals surface area contributed by atoms with E-state index < -0.39 is 5.97 Å². The molecule has 2 aliphatic heterocycles. The zero-order valence-electron chi connectivity index (χ0n) is 16.4. The van der Waals surface area contributed by atoms with E-state index in [9.17, 15) is 9.59 Å². The number of rotatable bonds is 6. The van der Waals surface area contributed by atoms with Crippen LogP contribution >= 0.6 is 0 Å². The Morgan fingerprint density at radius 3 is 2.68 bits per heavy atom. The molecule has 0 aliphatic carbocycles. The van der Waals surface area contributed by atoms with Crippen molar-refractivity contribution in [1.82, 2.24) is 10.2 Å². The van der Waals surface area contributed by atoms with Crippen molar-refractivity contribution in [3.63, 3.8) is 0 Å². The maximum atomic E-state index is 13.0. The number of carboxylic acids is 1. The molecule has 7 heteroatoms. The van der Waals surface area contributed by atoms with Gasteiger partial charge in [-0.3, -0.25) is 4.79 Å². The first kappa shape index (κ1) is 20.6. The normalized spacial score (nSPS) is 22.6. The molecule has 2 unspecified atom stereocenters. The minimum Gasteiger partial charge on any atom is -0.481 e. The van der Waals surface area contributed by atoms with Crippen molar-refractivity contribution < 1.29 is 24.2 Å². The second-order valence-corrected chi connectivity index (χ2v) is 7.87. The molecule has 1 aromatic rings. The molecule has 3 rings (SSSR count). The van der Waals surface area contributed by atoms with Gasteiger partial charge in [-0.2, -0.15) is 0 Å². The first-order valence-corrected chi connectivity index (χ1v) is 10.0. The summed E-state index contributed by atoms with van der Waals surface area (Å²) in [7, 11) is 0. The number of amides is 2. The van der Waals surface area contributed by atoms with Gasteiger partial charge >= 0.3 is 12.0 Å². The molecule has 2 heterocycles. The van der Waals surface area contributed by atoms with E-state index in [0.29, 0.717) is 39.1 Å². The van der Waals surface area contributed by atoms with Crippen molar-refractivity contribution in [1.29, 1.82) is 0 Å². The molecular formula is C21H30N2O5. The van der Waals surface area contributed by atoms with Crippen molar-refractivity contribution in [3.05, 3.63) is 35.9 Å². The molecule has 2 N–H and O–H groups in total. The minimum absolute atomic E-state index is 0.0264. The van der Waals surface area contributed by atoms with Gasteiger partial charge in [-0.05, 0) is 25.3 Å². The number of carbonyl (C=O) groups is 2. The smallest absolute Gasteiger partial charge is 0.317 e. The maximum absolute atomic E-state index is 13.0. The van der Waals surface area contributed by atoms with Crippen LogP contribution in [0.5, 0.6) is 0 Å². The molecule has 0 radical (unpaired) electrons. The van der Waals surface area contributed by atoms with Crippen molar-refractivity contribution in [2.75, 3.05) is 26.3 Å². The molecule has 0 aromatic heterocycles. The summed E-state index contributed by atoms with van der Waals surface area (Å²) in [5, 5.41) is 12.1. The fourth-order valence-electron chi connectivity index (χ4n) is 4.09. The summed E-state index contributed by atoms with van der Waals surface area (Å²) in [5.41, 5.74) is 0.748. The van der Waals surface area contributed by atoms with Crippen LogP contribution in [-0.4, -0.2) is 66.1 Å². The van der Waals surface area contributed by atoms with Crippen LogP contribution in [0, 0.1) is 0 Å². The number of urea groups is 1. The zero-order chi connectivity index (χ0) is 20.0. The fourth-order valence-corrected chi connectivity index (χ4v) is 4.09. The van der Waals surface area contributed by atoms with Crippen LogP contribution in [0.2, 0.25) is 0 Å². The molecule has 2 amide bonds. The number of carbonyl (C=O) groups excluding carboxylic acids is 1. The summed E-state index contributed by atoms with van der Waals surface area (Å²) in [5.74, 6) is -0.853. The Bertz CT molecular complexity index is 660. The first-order chi connectivity index (χ1) is 13.5. The van der Waals surface area contributed by atoms with Gasteiger partial charge in [0.25, 0.3) is 0 Å². The SMILES string of the molecule is CC1CN(C(=O)NC(CCC(=O)O)Cc2ccccc2)CC2(CCOCC2)O1. The molecule has 2 aliphatic rings. The number of nitrogens with zero attached hydrogens (tertiary/aromatic N) is 1. The van der Waals surface area contributed by atoms with Crippen LogP contribution in [0.1, 0.15) is 38.2 Å². The number of carboxylic acid groups (broad SMARTS) is 1. The molecule has 0 bridgehead atoms. The predicted molar refractivity (Wildman–Crippen MR) is 104 cm³/mol. The number of morpholine rings is 1. The van der Waals surface area contributed by atoms with Crippen LogP contribution < -0.4 is 5.32 Å². The summed E-state index contributed by atoms with van der Waals surface area (Å²) in [4.78, 5) is 25.9. The highest BCUT2D eigenvalue weighted by atomic mass is 16.5. The van der Waals surface area contributed by atoms with Crippen LogP contribution in [0.4, 0.5) is 4.79 Å². The Labute approximate surface area is 166 Å². The van der Waals surface area contributed by atoms with E-state index in [2.05, 4.69) is 5.32 Å². The molecule has 1 spiro atoms. The first-order valence-electron chi connectivity index (χ1n) is 10.0. The van der Waals surface area contributed by atoms with Gasteiger partial charge in [0.2, 0.25) is 0 Å². The largest absolute Gasteiger partial charge is 0.481 e. The monoisotopic (exact) mass is 390 g/mol. The lowest BCUT2D eigenvalue weighted by Crippen LogP contribution is -2.61. The number of ether oxygens (including phenoxy) is 2. The molecule has 154 valence electrons. The summed E-state index contributed by atoms with van der Waals surface area (Å²) >= 11 is 0.